The molecule has 0 aromatic heterocycles. The first-order valence-electron chi connectivity index (χ1n) is 9.19. The molecule has 1 amide bonds. The monoisotopic (exact) mass is 442 g/mol. The third-order valence-corrected chi connectivity index (χ3v) is 5.90. The molecule has 2 N–H and O–H groups in total. The number of benzene rings is 2. The van der Waals surface area contributed by atoms with Crippen LogP contribution in [0.3, 0.4) is 0 Å². The minimum absolute atomic E-state index is 0.0281. The summed E-state index contributed by atoms with van der Waals surface area (Å²) in [4.78, 5) is 12.1. The number of halogens is 2. The number of hydrogen-bond donors (Lipinski definition) is 2. The molecule has 0 saturated carbocycles. The number of amides is 1. The highest BCUT2D eigenvalue weighted by atomic mass is 35.5. The Morgan fingerprint density at radius 1 is 1.21 bits per heavy atom. The third kappa shape index (κ3) is 6.99. The van der Waals surface area contributed by atoms with Gasteiger partial charge in [0.1, 0.15) is 11.6 Å². The highest BCUT2D eigenvalue weighted by molar-refractivity contribution is 7.89. The smallest absolute Gasteiger partial charge is 0.258 e. The quantitative estimate of drug-likeness (QED) is 0.548. The summed E-state index contributed by atoms with van der Waals surface area (Å²) >= 11 is 6.11. The summed E-state index contributed by atoms with van der Waals surface area (Å²) in [5.41, 5.74) is 0.753. The zero-order valence-electron chi connectivity index (χ0n) is 16.2. The largest absolute Gasteiger partial charge is 0.482 e. The van der Waals surface area contributed by atoms with Gasteiger partial charge in [0.25, 0.3) is 5.91 Å². The maximum Gasteiger partial charge on any atom is 0.258 e. The van der Waals surface area contributed by atoms with E-state index in [1.54, 1.807) is 19.1 Å². The van der Waals surface area contributed by atoms with E-state index in [0.717, 1.165) is 18.4 Å². The van der Waals surface area contributed by atoms with Crippen molar-refractivity contribution in [3.05, 3.63) is 58.9 Å². The SMILES string of the molecule is CCCCNS(=O)(=O)c1ccc(OCC(=O)N[C@@H](C)c2ccc(F)cc2)c(Cl)c1. The number of ether oxygens (including phenoxy) is 1. The Kier molecular flexibility index (Phi) is 8.43. The van der Waals surface area contributed by atoms with Crippen molar-refractivity contribution < 1.29 is 22.3 Å². The van der Waals surface area contributed by atoms with Crippen molar-refractivity contribution >= 4 is 27.5 Å². The molecular formula is C20H24ClFN2O4S. The molecule has 2 rings (SSSR count). The van der Waals surface area contributed by atoms with Gasteiger partial charge in [0, 0.05) is 6.54 Å². The number of rotatable bonds is 10. The molecule has 0 aliphatic rings. The number of nitrogens with one attached hydrogen (secondary N) is 2. The molecule has 0 heterocycles. The zero-order chi connectivity index (χ0) is 21.4. The fraction of sp³-hybridized carbons (Fsp3) is 0.350. The molecule has 9 heteroatoms. The molecule has 29 heavy (non-hydrogen) atoms. The summed E-state index contributed by atoms with van der Waals surface area (Å²) < 4.78 is 45.3. The maximum atomic E-state index is 13.0. The predicted octanol–water partition coefficient (Wildman–Crippen LogP) is 3.81. The van der Waals surface area contributed by atoms with Crippen LogP contribution < -0.4 is 14.8 Å². The van der Waals surface area contributed by atoms with E-state index in [0.29, 0.717) is 6.54 Å². The van der Waals surface area contributed by atoms with Gasteiger partial charge in [-0.15, -0.1) is 0 Å². The first-order valence-corrected chi connectivity index (χ1v) is 11.1. The molecule has 0 saturated heterocycles. The number of sulfonamides is 1. The Labute approximate surface area is 175 Å². The minimum atomic E-state index is -3.65. The van der Waals surface area contributed by atoms with Crippen LogP contribution in [0.15, 0.2) is 47.4 Å². The van der Waals surface area contributed by atoms with Crippen molar-refractivity contribution in [2.45, 2.75) is 37.6 Å². The molecule has 0 aliphatic heterocycles. The summed E-state index contributed by atoms with van der Waals surface area (Å²) in [6.45, 7) is 3.78. The van der Waals surface area contributed by atoms with Gasteiger partial charge >= 0.3 is 0 Å². The highest BCUT2D eigenvalue weighted by Gasteiger charge is 2.16. The Balaban J connectivity index is 1.93. The van der Waals surface area contributed by atoms with E-state index in [1.165, 1.54) is 30.3 Å². The molecule has 158 valence electrons. The van der Waals surface area contributed by atoms with E-state index in [4.69, 9.17) is 16.3 Å². The van der Waals surface area contributed by atoms with Crippen LogP contribution in [0.2, 0.25) is 5.02 Å². The molecular weight excluding hydrogens is 419 g/mol. The second-order valence-electron chi connectivity index (χ2n) is 6.47. The normalized spacial score (nSPS) is 12.4. The summed E-state index contributed by atoms with van der Waals surface area (Å²) in [7, 11) is -3.65. The molecule has 0 radical (unpaired) electrons. The molecule has 0 fully saturated rings. The zero-order valence-corrected chi connectivity index (χ0v) is 17.8. The van der Waals surface area contributed by atoms with Gasteiger partial charge in [-0.05, 0) is 49.2 Å². The van der Waals surface area contributed by atoms with Gasteiger partial charge in [-0.2, -0.15) is 0 Å². The summed E-state index contributed by atoms with van der Waals surface area (Å²) in [6, 6.07) is 9.55. The Hall–Kier alpha value is -2.16. The molecule has 1 atom stereocenters. The summed E-state index contributed by atoms with van der Waals surface area (Å²) in [6.07, 6.45) is 1.61. The van der Waals surface area contributed by atoms with Crippen molar-refractivity contribution in [1.29, 1.82) is 0 Å². The lowest BCUT2D eigenvalue weighted by Gasteiger charge is -2.15. The molecule has 0 bridgehead atoms. The van der Waals surface area contributed by atoms with Crippen LogP contribution in [0, 0.1) is 5.82 Å². The Morgan fingerprint density at radius 2 is 1.90 bits per heavy atom. The van der Waals surface area contributed by atoms with Crippen LogP contribution in [0.5, 0.6) is 5.75 Å². The lowest BCUT2D eigenvalue weighted by molar-refractivity contribution is -0.123. The second kappa shape index (κ2) is 10.6. The molecule has 0 aliphatic carbocycles. The second-order valence-corrected chi connectivity index (χ2v) is 8.65. The van der Waals surface area contributed by atoms with Crippen LogP contribution in [0.25, 0.3) is 0 Å². The van der Waals surface area contributed by atoms with Crippen molar-refractivity contribution in [1.82, 2.24) is 10.0 Å². The Morgan fingerprint density at radius 3 is 2.52 bits per heavy atom. The van der Waals surface area contributed by atoms with Crippen molar-refractivity contribution in [2.75, 3.05) is 13.2 Å². The van der Waals surface area contributed by atoms with Gasteiger partial charge in [-0.25, -0.2) is 17.5 Å². The third-order valence-electron chi connectivity index (χ3n) is 4.14. The van der Waals surface area contributed by atoms with Gasteiger partial charge in [0.2, 0.25) is 10.0 Å². The number of carbonyl (C=O) groups excluding carboxylic acids is 1. The average Bonchev–Trinajstić information content (AvgIpc) is 2.67. The van der Waals surface area contributed by atoms with Crippen LogP contribution in [-0.2, 0) is 14.8 Å². The van der Waals surface area contributed by atoms with Crippen LogP contribution in [-0.4, -0.2) is 27.5 Å². The van der Waals surface area contributed by atoms with E-state index in [9.17, 15) is 17.6 Å². The highest BCUT2D eigenvalue weighted by Crippen LogP contribution is 2.27. The maximum absolute atomic E-state index is 13.0. The topological polar surface area (TPSA) is 84.5 Å². The standard InChI is InChI=1S/C20H24ClFN2O4S/c1-3-4-11-23-29(26,27)17-9-10-19(18(21)12-17)28-13-20(25)24-14(2)15-5-7-16(22)8-6-15/h5-10,12,14,23H,3-4,11,13H2,1-2H3,(H,24,25)/t14-/m0/s1. The predicted molar refractivity (Wildman–Crippen MR) is 110 cm³/mol. The minimum Gasteiger partial charge on any atom is -0.482 e. The van der Waals surface area contributed by atoms with E-state index in [1.807, 2.05) is 6.92 Å². The molecule has 0 unspecified atom stereocenters. The number of hydrogen-bond acceptors (Lipinski definition) is 4. The van der Waals surface area contributed by atoms with Gasteiger partial charge in [-0.1, -0.05) is 37.1 Å². The van der Waals surface area contributed by atoms with E-state index < -0.39 is 15.9 Å². The van der Waals surface area contributed by atoms with Crippen LogP contribution in [0.4, 0.5) is 4.39 Å². The summed E-state index contributed by atoms with van der Waals surface area (Å²) in [5, 5.41) is 2.82. The van der Waals surface area contributed by atoms with Crippen molar-refractivity contribution in [3.8, 4) is 5.75 Å². The first kappa shape index (κ1) is 23.1. The average molecular weight is 443 g/mol. The van der Waals surface area contributed by atoms with Crippen molar-refractivity contribution in [2.24, 2.45) is 0 Å². The molecule has 2 aromatic carbocycles. The van der Waals surface area contributed by atoms with E-state index in [-0.39, 0.29) is 34.1 Å². The number of carbonyl (C=O) groups is 1. The van der Waals surface area contributed by atoms with Crippen LogP contribution >= 0.6 is 11.6 Å². The fourth-order valence-electron chi connectivity index (χ4n) is 2.49. The van der Waals surface area contributed by atoms with Gasteiger partial charge in [0.15, 0.2) is 6.61 Å². The Bertz CT molecular complexity index is 936. The van der Waals surface area contributed by atoms with Gasteiger partial charge < -0.3 is 10.1 Å². The van der Waals surface area contributed by atoms with Gasteiger partial charge in [0.05, 0.1) is 16.0 Å². The molecule has 2 aromatic rings. The molecule has 6 nitrogen and oxygen atoms in total. The fourth-order valence-corrected chi connectivity index (χ4v) is 3.89. The van der Waals surface area contributed by atoms with Gasteiger partial charge in [-0.3, -0.25) is 4.79 Å². The van der Waals surface area contributed by atoms with E-state index >= 15 is 0 Å². The summed E-state index contributed by atoms with van der Waals surface area (Å²) in [5.74, 6) is -0.546. The van der Waals surface area contributed by atoms with Crippen molar-refractivity contribution in [3.63, 3.8) is 0 Å². The van der Waals surface area contributed by atoms with Crippen LogP contribution in [0.1, 0.15) is 38.3 Å². The molecule has 0 spiro atoms. The number of unbranched alkanes of at least 4 members (excludes halogenated alkanes) is 1. The lowest BCUT2D eigenvalue weighted by Crippen LogP contribution is -2.31. The lowest BCUT2D eigenvalue weighted by atomic mass is 10.1. The van der Waals surface area contributed by atoms with E-state index in [2.05, 4.69) is 10.0 Å². The first-order chi connectivity index (χ1) is 13.7.